The van der Waals surface area contributed by atoms with Gasteiger partial charge in [-0.25, -0.2) is 9.59 Å². The molecule has 7 heteroatoms. The molecule has 4 nitrogen and oxygen atoms in total. The molecule has 37 heavy (non-hydrogen) atoms. The zero-order valence-corrected chi connectivity index (χ0v) is 27.0. The summed E-state index contributed by atoms with van der Waals surface area (Å²) in [5, 5.41) is 17.0. The first kappa shape index (κ1) is 35.6. The van der Waals surface area contributed by atoms with Gasteiger partial charge in [0.2, 0.25) is 0 Å². The predicted molar refractivity (Wildman–Crippen MR) is 160 cm³/mol. The van der Waals surface area contributed by atoms with Crippen LogP contribution in [0.25, 0.3) is 0 Å². The van der Waals surface area contributed by atoms with Gasteiger partial charge in [0.15, 0.2) is 0 Å². The SMILES string of the molecule is CCCCCCC[CH2][Sn+2][CH2]CCCCCCC.O=C(O)c1ccccc1[S-].O=C(O)c1ccccc1[S-]. The first-order valence-corrected chi connectivity index (χ1v) is 18.4. The van der Waals surface area contributed by atoms with Gasteiger partial charge < -0.3 is 35.5 Å². The Morgan fingerprint density at radius 3 is 1.22 bits per heavy atom. The van der Waals surface area contributed by atoms with E-state index in [1.165, 1.54) is 76.3 Å². The fourth-order valence-corrected chi connectivity index (χ4v) is 7.51. The van der Waals surface area contributed by atoms with E-state index in [9.17, 15) is 9.59 Å². The molecule has 2 rings (SSSR count). The monoisotopic (exact) mass is 652 g/mol. The molecule has 0 fully saturated rings. The average molecular weight is 652 g/mol. The van der Waals surface area contributed by atoms with Crippen molar-refractivity contribution in [3.05, 3.63) is 59.7 Å². The minimum absolute atomic E-state index is 0.0736. The van der Waals surface area contributed by atoms with Crippen molar-refractivity contribution in [3.8, 4) is 0 Å². The van der Waals surface area contributed by atoms with Crippen molar-refractivity contribution >= 4 is 58.3 Å². The van der Waals surface area contributed by atoms with E-state index < -0.39 is 11.9 Å². The summed E-state index contributed by atoms with van der Waals surface area (Å²) in [6.45, 7) is 4.60. The summed E-state index contributed by atoms with van der Waals surface area (Å²) in [6, 6.07) is 12.9. The molecule has 2 N–H and O–H groups in total. The largest absolute Gasteiger partial charge is 0.779 e. The standard InChI is InChI=1S/2C8H17.2C7H6O2S.Sn/c2*1-3-5-7-8-6-4-2;2*8-7(9)5-3-1-2-4-6(5)10;/h2*1,3-8H2,2H3;2*1-4,10H,(H,8,9);/q;;;;+2/p-2. The Labute approximate surface area is 246 Å². The number of carbonyl (C=O) groups is 2. The molecule has 2 aromatic rings. The maximum absolute atomic E-state index is 10.4. The van der Waals surface area contributed by atoms with Crippen LogP contribution in [0.5, 0.6) is 0 Å². The van der Waals surface area contributed by atoms with Crippen LogP contribution in [-0.2, 0) is 25.3 Å². The molecule has 204 valence electrons. The van der Waals surface area contributed by atoms with Crippen LogP contribution in [0.2, 0.25) is 8.87 Å². The Morgan fingerprint density at radius 2 is 0.919 bits per heavy atom. The van der Waals surface area contributed by atoms with Gasteiger partial charge in [0.1, 0.15) is 0 Å². The molecule has 0 unspecified atom stereocenters. The zero-order chi connectivity index (χ0) is 27.7. The molecule has 0 aliphatic rings. The van der Waals surface area contributed by atoms with E-state index in [-0.39, 0.29) is 32.3 Å². The quantitative estimate of drug-likeness (QED) is 0.107. The maximum Gasteiger partial charge on any atom is 0.334 e. The molecule has 0 aliphatic carbocycles. The van der Waals surface area contributed by atoms with Crippen LogP contribution < -0.4 is 0 Å². The van der Waals surface area contributed by atoms with Crippen LogP contribution >= 0.6 is 0 Å². The summed E-state index contributed by atoms with van der Waals surface area (Å²) >= 11 is 9.57. The minimum Gasteiger partial charge on any atom is -0.779 e. The van der Waals surface area contributed by atoms with Crippen molar-refractivity contribution in [2.75, 3.05) is 0 Å². The Balaban J connectivity index is 0.000000555. The number of carboxylic acid groups (broad SMARTS) is 2. The Morgan fingerprint density at radius 1 is 0.595 bits per heavy atom. The summed E-state index contributed by atoms with van der Waals surface area (Å²) in [5.74, 6) is -1.93. The molecule has 0 aromatic heterocycles. The van der Waals surface area contributed by atoms with Crippen LogP contribution in [0.15, 0.2) is 58.3 Å². The van der Waals surface area contributed by atoms with E-state index in [1.54, 1.807) is 58.1 Å². The van der Waals surface area contributed by atoms with Gasteiger partial charge in [-0.05, 0) is 12.1 Å². The van der Waals surface area contributed by atoms with Gasteiger partial charge in [0, 0.05) is 11.1 Å². The molecule has 0 atom stereocenters. The molecular formula is C30H44O4S2Sn. The second kappa shape index (κ2) is 24.9. The molecule has 0 bridgehead atoms. The number of unbranched alkanes of at least 4 members (excludes halogenated alkanes) is 10. The number of benzene rings is 2. The van der Waals surface area contributed by atoms with E-state index in [0.29, 0.717) is 9.79 Å². The van der Waals surface area contributed by atoms with Gasteiger partial charge in [-0.15, -0.1) is 0 Å². The third-order valence-electron chi connectivity index (χ3n) is 5.65. The van der Waals surface area contributed by atoms with Gasteiger partial charge in [-0.2, -0.15) is 9.79 Å². The summed E-state index contributed by atoms with van der Waals surface area (Å²) in [4.78, 5) is 21.5. The Bertz CT molecular complexity index is 791. The predicted octanol–water partition coefficient (Wildman–Crippen LogP) is 8.83. The second-order valence-electron chi connectivity index (χ2n) is 8.89. The Kier molecular flexibility index (Phi) is 24.0. The first-order chi connectivity index (χ1) is 17.8. The fraction of sp³-hybridized carbons (Fsp3) is 0.533. The number of hydrogen-bond donors (Lipinski definition) is 2. The van der Waals surface area contributed by atoms with E-state index in [2.05, 4.69) is 13.8 Å². The second-order valence-corrected chi connectivity index (χ2v) is 14.0. The normalized spacial score (nSPS) is 9.78. The van der Waals surface area contributed by atoms with Crippen LogP contribution in [0.1, 0.15) is 112 Å². The summed E-state index contributed by atoms with van der Waals surface area (Å²) < 4.78 is 3.31. The molecule has 0 amide bonds. The van der Waals surface area contributed by atoms with Crippen molar-refractivity contribution in [2.45, 2.75) is 110 Å². The van der Waals surface area contributed by atoms with Crippen LogP contribution in [-0.4, -0.2) is 43.3 Å². The van der Waals surface area contributed by atoms with E-state index in [1.807, 2.05) is 0 Å². The minimum atomic E-state index is -0.967. The molecule has 0 saturated carbocycles. The van der Waals surface area contributed by atoms with Crippen molar-refractivity contribution in [2.24, 2.45) is 0 Å². The van der Waals surface area contributed by atoms with Crippen LogP contribution in [0.4, 0.5) is 0 Å². The molecule has 0 heterocycles. The van der Waals surface area contributed by atoms with Gasteiger partial charge in [-0.1, -0.05) is 36.4 Å². The summed E-state index contributed by atoms with van der Waals surface area (Å²) in [6.07, 6.45) is 17.8. The fourth-order valence-electron chi connectivity index (χ4n) is 3.47. The smallest absolute Gasteiger partial charge is 0.334 e. The third kappa shape index (κ3) is 20.3. The molecule has 0 aliphatic heterocycles. The van der Waals surface area contributed by atoms with Gasteiger partial charge in [0.05, 0.1) is 0 Å². The maximum atomic E-state index is 10.4. The van der Waals surface area contributed by atoms with Crippen molar-refractivity contribution in [1.29, 1.82) is 0 Å². The van der Waals surface area contributed by atoms with Crippen molar-refractivity contribution < 1.29 is 19.8 Å². The molecular weight excluding hydrogens is 607 g/mol. The van der Waals surface area contributed by atoms with E-state index >= 15 is 0 Å². The molecule has 0 saturated heterocycles. The first-order valence-electron chi connectivity index (χ1n) is 13.5. The van der Waals surface area contributed by atoms with Gasteiger partial charge in [0.25, 0.3) is 0 Å². The Hall–Kier alpha value is -1.38. The molecule has 2 aromatic carbocycles. The topological polar surface area (TPSA) is 74.6 Å². The van der Waals surface area contributed by atoms with Gasteiger partial charge in [-0.3, -0.25) is 0 Å². The van der Waals surface area contributed by atoms with E-state index in [0.717, 1.165) is 0 Å². The molecule has 0 radical (unpaired) electrons. The number of carboxylic acids is 2. The van der Waals surface area contributed by atoms with Crippen LogP contribution in [0, 0.1) is 0 Å². The number of hydrogen-bond acceptors (Lipinski definition) is 4. The number of aromatic carboxylic acids is 2. The third-order valence-corrected chi connectivity index (χ3v) is 10.4. The van der Waals surface area contributed by atoms with E-state index in [4.69, 9.17) is 35.5 Å². The summed E-state index contributed by atoms with van der Waals surface area (Å²) in [5.41, 5.74) is 0.384. The van der Waals surface area contributed by atoms with Crippen LogP contribution in [0.3, 0.4) is 0 Å². The molecule has 0 spiro atoms. The zero-order valence-electron chi connectivity index (χ0n) is 22.5. The van der Waals surface area contributed by atoms with Gasteiger partial charge >= 0.3 is 133 Å². The number of rotatable bonds is 16. The van der Waals surface area contributed by atoms with Crippen molar-refractivity contribution in [1.82, 2.24) is 0 Å². The summed E-state index contributed by atoms with van der Waals surface area (Å²) in [7, 11) is 0. The van der Waals surface area contributed by atoms with Crippen molar-refractivity contribution in [3.63, 3.8) is 0 Å². The average Bonchev–Trinajstić information content (AvgIpc) is 2.88.